The zero-order chi connectivity index (χ0) is 17.6. The van der Waals surface area contributed by atoms with Crippen LogP contribution in [0.3, 0.4) is 0 Å². The minimum Gasteiger partial charge on any atom is -0.364 e. The highest BCUT2D eigenvalue weighted by Gasteiger charge is 2.22. The van der Waals surface area contributed by atoms with Gasteiger partial charge in [0.2, 0.25) is 11.6 Å². The lowest BCUT2D eigenvalue weighted by atomic mass is 10.3. The van der Waals surface area contributed by atoms with Crippen LogP contribution in [0.2, 0.25) is 5.02 Å². The van der Waals surface area contributed by atoms with E-state index in [9.17, 15) is 10.1 Å². The van der Waals surface area contributed by atoms with Crippen LogP contribution in [0.15, 0.2) is 48.1 Å². The van der Waals surface area contributed by atoms with E-state index in [1.807, 2.05) is 17.5 Å². The highest BCUT2D eigenvalue weighted by atomic mass is 35.5. The van der Waals surface area contributed by atoms with Crippen molar-refractivity contribution in [1.82, 2.24) is 9.97 Å². The van der Waals surface area contributed by atoms with Gasteiger partial charge in [0, 0.05) is 22.1 Å². The first-order valence-electron chi connectivity index (χ1n) is 7.41. The Kier molecular flexibility index (Phi) is 5.42. The maximum Gasteiger partial charge on any atom is 0.353 e. The fourth-order valence-electron chi connectivity index (χ4n) is 2.20. The number of thiophene rings is 1. The number of rotatable bonds is 7. The highest BCUT2D eigenvalue weighted by Crippen LogP contribution is 2.31. The molecule has 0 amide bonds. The summed E-state index contributed by atoms with van der Waals surface area (Å²) in [6.45, 7) is 0.540. The number of hydrogen-bond donors (Lipinski definition) is 2. The van der Waals surface area contributed by atoms with Crippen molar-refractivity contribution in [2.45, 2.75) is 6.42 Å². The van der Waals surface area contributed by atoms with E-state index >= 15 is 0 Å². The second-order valence-corrected chi connectivity index (χ2v) is 6.53. The summed E-state index contributed by atoms with van der Waals surface area (Å²) in [6, 6.07) is 10.8. The van der Waals surface area contributed by atoms with Gasteiger partial charge in [-0.05, 0) is 42.1 Å². The molecule has 7 nitrogen and oxygen atoms in total. The SMILES string of the molecule is O=[N+]([O-])c1c(NCCc2cccs2)ncnc1Nc1ccc(Cl)cc1. The normalized spacial score (nSPS) is 10.4. The van der Waals surface area contributed by atoms with Crippen molar-refractivity contribution in [3.8, 4) is 0 Å². The van der Waals surface area contributed by atoms with E-state index in [2.05, 4.69) is 20.6 Å². The molecular formula is C16H14ClN5O2S. The number of nitro groups is 1. The number of aromatic nitrogens is 2. The van der Waals surface area contributed by atoms with Gasteiger partial charge in [0.1, 0.15) is 6.33 Å². The van der Waals surface area contributed by atoms with E-state index in [4.69, 9.17) is 11.6 Å². The Balaban J connectivity index is 1.78. The Morgan fingerprint density at radius 1 is 1.16 bits per heavy atom. The van der Waals surface area contributed by atoms with Crippen LogP contribution in [0.25, 0.3) is 0 Å². The van der Waals surface area contributed by atoms with Crippen molar-refractivity contribution >= 4 is 45.9 Å². The second-order valence-electron chi connectivity index (χ2n) is 5.06. The van der Waals surface area contributed by atoms with Gasteiger partial charge in [0.25, 0.3) is 0 Å². The quantitative estimate of drug-likeness (QED) is 0.466. The fourth-order valence-corrected chi connectivity index (χ4v) is 3.04. The van der Waals surface area contributed by atoms with Gasteiger partial charge >= 0.3 is 5.69 Å². The summed E-state index contributed by atoms with van der Waals surface area (Å²) in [7, 11) is 0. The molecule has 0 unspecified atom stereocenters. The van der Waals surface area contributed by atoms with Crippen molar-refractivity contribution in [2.24, 2.45) is 0 Å². The zero-order valence-corrected chi connectivity index (χ0v) is 14.5. The number of nitrogens with one attached hydrogen (secondary N) is 2. The smallest absolute Gasteiger partial charge is 0.353 e. The van der Waals surface area contributed by atoms with E-state index < -0.39 is 4.92 Å². The second kappa shape index (κ2) is 7.91. The van der Waals surface area contributed by atoms with E-state index in [1.54, 1.807) is 35.6 Å². The van der Waals surface area contributed by atoms with Crippen LogP contribution in [0.4, 0.5) is 23.0 Å². The Bertz CT molecular complexity index is 855. The molecule has 9 heteroatoms. The standard InChI is InChI=1S/C16H14ClN5O2S/c17-11-3-5-12(6-4-11)21-16-14(22(23)24)15(19-10-20-16)18-8-7-13-2-1-9-25-13/h1-6,9-10H,7-8H2,(H2,18,19,20,21). The molecule has 3 rings (SSSR count). The highest BCUT2D eigenvalue weighted by molar-refractivity contribution is 7.09. The minimum absolute atomic E-state index is 0.126. The van der Waals surface area contributed by atoms with Crippen molar-refractivity contribution in [1.29, 1.82) is 0 Å². The molecule has 0 aliphatic heterocycles. The molecule has 0 atom stereocenters. The third kappa shape index (κ3) is 4.43. The van der Waals surface area contributed by atoms with Gasteiger partial charge in [-0.3, -0.25) is 10.1 Å². The van der Waals surface area contributed by atoms with E-state index in [1.165, 1.54) is 11.2 Å². The maximum absolute atomic E-state index is 11.5. The first-order valence-corrected chi connectivity index (χ1v) is 8.67. The van der Waals surface area contributed by atoms with Crippen LogP contribution >= 0.6 is 22.9 Å². The average Bonchev–Trinajstić information content (AvgIpc) is 3.10. The van der Waals surface area contributed by atoms with Gasteiger partial charge in [0.15, 0.2) is 0 Å². The number of hydrogen-bond acceptors (Lipinski definition) is 7. The molecule has 128 valence electrons. The largest absolute Gasteiger partial charge is 0.364 e. The summed E-state index contributed by atoms with van der Waals surface area (Å²) in [5.74, 6) is 0.314. The molecular weight excluding hydrogens is 362 g/mol. The van der Waals surface area contributed by atoms with Crippen LogP contribution in [-0.4, -0.2) is 21.4 Å². The summed E-state index contributed by atoms with van der Waals surface area (Å²) < 4.78 is 0. The molecule has 0 saturated carbocycles. The molecule has 25 heavy (non-hydrogen) atoms. The first-order chi connectivity index (χ1) is 12.1. The van der Waals surface area contributed by atoms with Gasteiger partial charge in [-0.25, -0.2) is 9.97 Å². The minimum atomic E-state index is -0.494. The lowest BCUT2D eigenvalue weighted by Crippen LogP contribution is -2.10. The van der Waals surface area contributed by atoms with Crippen LogP contribution in [0, 0.1) is 10.1 Å². The average molecular weight is 376 g/mol. The fraction of sp³-hybridized carbons (Fsp3) is 0.125. The number of anilines is 3. The molecule has 2 heterocycles. The van der Waals surface area contributed by atoms with Crippen LogP contribution < -0.4 is 10.6 Å². The van der Waals surface area contributed by atoms with Crippen LogP contribution in [-0.2, 0) is 6.42 Å². The van der Waals surface area contributed by atoms with Gasteiger partial charge in [0.05, 0.1) is 4.92 Å². The predicted octanol–water partition coefficient (Wildman–Crippen LogP) is 4.50. The Hall–Kier alpha value is -2.71. The van der Waals surface area contributed by atoms with Crippen molar-refractivity contribution in [3.05, 3.63) is 68.1 Å². The Morgan fingerprint density at radius 2 is 1.92 bits per heavy atom. The summed E-state index contributed by atoms with van der Waals surface area (Å²) in [6.07, 6.45) is 2.05. The van der Waals surface area contributed by atoms with E-state index in [-0.39, 0.29) is 17.3 Å². The number of halogens is 1. The zero-order valence-electron chi connectivity index (χ0n) is 13.0. The third-order valence-corrected chi connectivity index (χ3v) is 4.54. The number of benzene rings is 1. The molecule has 2 N–H and O–H groups in total. The summed E-state index contributed by atoms with van der Waals surface area (Å²) in [4.78, 5) is 20.2. The van der Waals surface area contributed by atoms with Crippen LogP contribution in [0.5, 0.6) is 0 Å². The van der Waals surface area contributed by atoms with E-state index in [0.29, 0.717) is 17.3 Å². The Morgan fingerprint density at radius 3 is 2.60 bits per heavy atom. The lowest BCUT2D eigenvalue weighted by molar-refractivity contribution is -0.383. The predicted molar refractivity (Wildman–Crippen MR) is 99.9 cm³/mol. The summed E-state index contributed by atoms with van der Waals surface area (Å²) in [5.41, 5.74) is 0.458. The van der Waals surface area contributed by atoms with Gasteiger partial charge < -0.3 is 10.6 Å². The van der Waals surface area contributed by atoms with Gasteiger partial charge in [-0.1, -0.05) is 17.7 Å². The molecule has 1 aromatic carbocycles. The van der Waals surface area contributed by atoms with Crippen molar-refractivity contribution in [2.75, 3.05) is 17.2 Å². The Labute approximate surface area is 152 Å². The molecule has 0 aliphatic carbocycles. The maximum atomic E-state index is 11.5. The molecule has 3 aromatic rings. The molecule has 0 spiro atoms. The molecule has 0 saturated heterocycles. The topological polar surface area (TPSA) is 93.0 Å². The molecule has 0 bridgehead atoms. The summed E-state index contributed by atoms with van der Waals surface area (Å²) in [5, 5.41) is 20.0. The van der Waals surface area contributed by atoms with Crippen molar-refractivity contribution < 1.29 is 4.92 Å². The monoisotopic (exact) mass is 375 g/mol. The molecule has 0 radical (unpaired) electrons. The molecule has 0 aliphatic rings. The molecule has 0 fully saturated rings. The van der Waals surface area contributed by atoms with E-state index in [0.717, 1.165) is 6.42 Å². The van der Waals surface area contributed by atoms with Crippen LogP contribution in [0.1, 0.15) is 4.88 Å². The summed E-state index contributed by atoms with van der Waals surface area (Å²) >= 11 is 7.50. The third-order valence-electron chi connectivity index (χ3n) is 3.36. The van der Waals surface area contributed by atoms with Gasteiger partial charge in [-0.2, -0.15) is 0 Å². The lowest BCUT2D eigenvalue weighted by Gasteiger charge is -2.10. The van der Waals surface area contributed by atoms with Crippen molar-refractivity contribution in [3.63, 3.8) is 0 Å². The molecule has 2 aromatic heterocycles. The first kappa shape index (κ1) is 17.1. The van der Waals surface area contributed by atoms with Gasteiger partial charge in [-0.15, -0.1) is 11.3 Å². The number of nitrogens with zero attached hydrogens (tertiary/aromatic N) is 3.